The minimum Gasteiger partial charge on any atom is -0.350 e. The molecular formula is C22H27N5O2S. The molecule has 1 amide bonds. The fraction of sp³-hybridized carbons (Fsp3) is 0.409. The molecule has 3 aromatic rings. The Labute approximate surface area is 180 Å². The number of carbonyl (C=O) groups excluding carboxylic acids is 1. The first-order valence-corrected chi connectivity index (χ1v) is 11.2. The number of carbonyl (C=O) groups is 1. The Kier molecular flexibility index (Phi) is 6.56. The Hall–Kier alpha value is -2.55. The molecule has 0 saturated carbocycles. The molecule has 0 spiro atoms. The topological polar surface area (TPSA) is 74.5 Å². The number of thiophene rings is 1. The van der Waals surface area contributed by atoms with E-state index in [1.807, 2.05) is 43.3 Å². The van der Waals surface area contributed by atoms with Crippen LogP contribution in [0.3, 0.4) is 0 Å². The zero-order chi connectivity index (χ0) is 20.9. The van der Waals surface area contributed by atoms with E-state index in [4.69, 9.17) is 4.52 Å². The van der Waals surface area contributed by atoms with Crippen molar-refractivity contribution < 1.29 is 9.32 Å². The van der Waals surface area contributed by atoms with E-state index in [1.165, 1.54) is 16.9 Å². The summed E-state index contributed by atoms with van der Waals surface area (Å²) < 4.78 is 5.40. The van der Waals surface area contributed by atoms with Gasteiger partial charge in [0, 0.05) is 44.8 Å². The smallest absolute Gasteiger partial charge is 0.261 e. The average Bonchev–Trinajstić information content (AvgIpc) is 3.45. The number of amides is 1. The number of nitrogens with zero attached hydrogens (tertiary/aromatic N) is 4. The van der Waals surface area contributed by atoms with Crippen LogP contribution in [0.4, 0.5) is 0 Å². The van der Waals surface area contributed by atoms with Crippen LogP contribution in [0.1, 0.15) is 22.2 Å². The molecule has 158 valence electrons. The van der Waals surface area contributed by atoms with Crippen LogP contribution < -0.4 is 5.32 Å². The van der Waals surface area contributed by atoms with Crippen molar-refractivity contribution in [3.8, 4) is 22.2 Å². The summed E-state index contributed by atoms with van der Waals surface area (Å²) in [6, 6.07) is 11.6. The second-order valence-electron chi connectivity index (χ2n) is 7.48. The number of nitrogens with one attached hydrogen (secondary N) is 1. The molecule has 30 heavy (non-hydrogen) atoms. The number of hydrogen-bond donors (Lipinski definition) is 1. The van der Waals surface area contributed by atoms with Gasteiger partial charge in [0.2, 0.25) is 5.82 Å². The molecule has 0 unspecified atom stereocenters. The van der Waals surface area contributed by atoms with E-state index < -0.39 is 0 Å². The highest BCUT2D eigenvalue weighted by Gasteiger charge is 2.17. The lowest BCUT2D eigenvalue weighted by molar-refractivity contribution is 0.0942. The predicted molar refractivity (Wildman–Crippen MR) is 119 cm³/mol. The minimum atomic E-state index is -0.0549. The van der Waals surface area contributed by atoms with Crippen molar-refractivity contribution in [2.45, 2.75) is 13.8 Å². The lowest BCUT2D eigenvalue weighted by Crippen LogP contribution is -2.48. The maximum Gasteiger partial charge on any atom is 0.261 e. The largest absolute Gasteiger partial charge is 0.350 e. The summed E-state index contributed by atoms with van der Waals surface area (Å²) in [5.41, 5.74) is 2.06. The Bertz CT molecular complexity index is 974. The van der Waals surface area contributed by atoms with E-state index >= 15 is 0 Å². The highest BCUT2D eigenvalue weighted by molar-refractivity contribution is 7.17. The van der Waals surface area contributed by atoms with Crippen molar-refractivity contribution >= 4 is 17.2 Å². The summed E-state index contributed by atoms with van der Waals surface area (Å²) in [6.07, 6.45) is 0. The number of aryl methyl sites for hydroxylation is 1. The van der Waals surface area contributed by atoms with Crippen LogP contribution in [0, 0.1) is 6.92 Å². The molecule has 2 aromatic heterocycles. The van der Waals surface area contributed by atoms with Crippen LogP contribution in [0.15, 0.2) is 40.9 Å². The van der Waals surface area contributed by atoms with Crippen LogP contribution in [-0.2, 0) is 0 Å². The van der Waals surface area contributed by atoms with Gasteiger partial charge in [-0.15, -0.1) is 11.3 Å². The highest BCUT2D eigenvalue weighted by Crippen LogP contribution is 2.28. The van der Waals surface area contributed by atoms with Gasteiger partial charge in [-0.2, -0.15) is 4.98 Å². The first-order valence-electron chi connectivity index (χ1n) is 10.4. The van der Waals surface area contributed by atoms with Crippen LogP contribution in [-0.4, -0.2) is 71.7 Å². The maximum atomic E-state index is 12.5. The van der Waals surface area contributed by atoms with Gasteiger partial charge in [-0.3, -0.25) is 9.69 Å². The molecule has 0 aliphatic carbocycles. The second kappa shape index (κ2) is 9.51. The average molecular weight is 426 g/mol. The fourth-order valence-corrected chi connectivity index (χ4v) is 4.31. The Morgan fingerprint density at radius 1 is 1.10 bits per heavy atom. The van der Waals surface area contributed by atoms with E-state index in [2.05, 4.69) is 32.2 Å². The van der Waals surface area contributed by atoms with Crippen LogP contribution >= 0.6 is 11.3 Å². The monoisotopic (exact) mass is 425 g/mol. The molecule has 3 heterocycles. The third kappa shape index (κ3) is 4.95. The summed E-state index contributed by atoms with van der Waals surface area (Å²) in [5.74, 6) is 0.927. The van der Waals surface area contributed by atoms with Crippen molar-refractivity contribution in [1.82, 2.24) is 25.3 Å². The van der Waals surface area contributed by atoms with Crippen LogP contribution in [0.25, 0.3) is 22.2 Å². The summed E-state index contributed by atoms with van der Waals surface area (Å²) >= 11 is 1.38. The number of rotatable bonds is 7. The fourth-order valence-electron chi connectivity index (χ4n) is 3.46. The van der Waals surface area contributed by atoms with E-state index in [0.717, 1.165) is 49.7 Å². The molecule has 1 aliphatic heterocycles. The maximum absolute atomic E-state index is 12.5. The molecule has 0 atom stereocenters. The van der Waals surface area contributed by atoms with Gasteiger partial charge >= 0.3 is 0 Å². The quantitative estimate of drug-likeness (QED) is 0.627. The molecule has 1 N–H and O–H groups in total. The first-order chi connectivity index (χ1) is 14.6. The van der Waals surface area contributed by atoms with Gasteiger partial charge in [0.15, 0.2) is 0 Å². The molecule has 1 saturated heterocycles. The number of piperazine rings is 1. The van der Waals surface area contributed by atoms with Gasteiger partial charge in [-0.05, 0) is 37.7 Å². The van der Waals surface area contributed by atoms with Crippen LogP contribution in [0.2, 0.25) is 0 Å². The van der Waals surface area contributed by atoms with Crippen molar-refractivity contribution in [3.63, 3.8) is 0 Å². The number of benzene rings is 1. The van der Waals surface area contributed by atoms with E-state index in [0.29, 0.717) is 23.1 Å². The molecular weight excluding hydrogens is 398 g/mol. The molecule has 1 aromatic carbocycles. The van der Waals surface area contributed by atoms with E-state index in [9.17, 15) is 4.79 Å². The van der Waals surface area contributed by atoms with E-state index in [1.54, 1.807) is 0 Å². The summed E-state index contributed by atoms with van der Waals surface area (Å²) in [7, 11) is 0. The number of hydrogen-bond acceptors (Lipinski definition) is 7. The number of aromatic nitrogens is 2. The van der Waals surface area contributed by atoms with E-state index in [-0.39, 0.29) is 5.91 Å². The predicted octanol–water partition coefficient (Wildman–Crippen LogP) is 3.14. The minimum absolute atomic E-state index is 0.0549. The van der Waals surface area contributed by atoms with Gasteiger partial charge in [0.05, 0.1) is 9.75 Å². The summed E-state index contributed by atoms with van der Waals surface area (Å²) in [4.78, 5) is 23.3. The normalized spacial score (nSPS) is 15.4. The van der Waals surface area contributed by atoms with Gasteiger partial charge in [0.1, 0.15) is 0 Å². The van der Waals surface area contributed by atoms with Gasteiger partial charge in [0.25, 0.3) is 11.8 Å². The van der Waals surface area contributed by atoms with Crippen molar-refractivity contribution in [2.24, 2.45) is 0 Å². The molecule has 0 bridgehead atoms. The SMILES string of the molecule is CCN1CCN(CCNC(=O)c2ccc(-c3noc(-c4ccc(C)cc4)n3)s2)CC1. The lowest BCUT2D eigenvalue weighted by Gasteiger charge is -2.33. The third-order valence-corrected chi connectivity index (χ3v) is 6.48. The zero-order valence-electron chi connectivity index (χ0n) is 17.4. The summed E-state index contributed by atoms with van der Waals surface area (Å²) in [5, 5.41) is 7.10. The lowest BCUT2D eigenvalue weighted by atomic mass is 10.1. The molecule has 1 aliphatic rings. The first kappa shape index (κ1) is 20.7. The van der Waals surface area contributed by atoms with Crippen molar-refractivity contribution in [2.75, 3.05) is 45.8 Å². The van der Waals surface area contributed by atoms with Gasteiger partial charge in [-0.25, -0.2) is 0 Å². The Morgan fingerprint density at radius 3 is 2.57 bits per heavy atom. The van der Waals surface area contributed by atoms with Gasteiger partial charge < -0.3 is 14.7 Å². The molecule has 0 radical (unpaired) electrons. The number of likely N-dealkylation sites (N-methyl/N-ethyl adjacent to an activating group) is 1. The molecule has 4 rings (SSSR count). The highest BCUT2D eigenvalue weighted by atomic mass is 32.1. The molecule has 8 heteroatoms. The Balaban J connectivity index is 1.30. The van der Waals surface area contributed by atoms with Crippen molar-refractivity contribution in [3.05, 3.63) is 46.8 Å². The molecule has 1 fully saturated rings. The van der Waals surface area contributed by atoms with Crippen molar-refractivity contribution in [1.29, 1.82) is 0 Å². The zero-order valence-corrected chi connectivity index (χ0v) is 18.2. The molecule has 7 nitrogen and oxygen atoms in total. The van der Waals surface area contributed by atoms with Crippen LogP contribution in [0.5, 0.6) is 0 Å². The third-order valence-electron chi connectivity index (χ3n) is 5.40. The summed E-state index contributed by atoms with van der Waals surface area (Å²) in [6.45, 7) is 11.2. The van der Waals surface area contributed by atoms with Gasteiger partial charge in [-0.1, -0.05) is 29.8 Å². The Morgan fingerprint density at radius 2 is 1.83 bits per heavy atom. The second-order valence-corrected chi connectivity index (χ2v) is 8.57. The standard InChI is InChI=1S/C22H27N5O2S/c1-3-26-12-14-27(15-13-26)11-10-23-21(28)19-9-8-18(30-19)20-24-22(29-25-20)17-6-4-16(2)5-7-17/h4-9H,3,10-15H2,1-2H3,(H,23,28).